The first-order chi connectivity index (χ1) is 10.7. The van der Waals surface area contributed by atoms with Crippen LogP contribution in [0.15, 0.2) is 48.0 Å². The SMILES string of the molecule is CCc1cc(C(=O)N(C)Cc2cccc3ncccc23)cs1. The molecule has 0 atom stereocenters. The number of rotatable bonds is 4. The number of aryl methyl sites for hydroxylation is 1. The zero-order valence-electron chi connectivity index (χ0n) is 12.7. The maximum Gasteiger partial charge on any atom is 0.254 e. The van der Waals surface area contributed by atoms with Crippen molar-refractivity contribution >= 4 is 28.1 Å². The third-order valence-electron chi connectivity index (χ3n) is 3.74. The third-order valence-corrected chi connectivity index (χ3v) is 4.82. The van der Waals surface area contributed by atoms with Crippen LogP contribution < -0.4 is 0 Å². The summed E-state index contributed by atoms with van der Waals surface area (Å²) in [6, 6.07) is 12.0. The highest BCUT2D eigenvalue weighted by atomic mass is 32.1. The van der Waals surface area contributed by atoms with Crippen LogP contribution in [-0.2, 0) is 13.0 Å². The first-order valence-electron chi connectivity index (χ1n) is 7.34. The first-order valence-corrected chi connectivity index (χ1v) is 8.22. The zero-order chi connectivity index (χ0) is 15.5. The summed E-state index contributed by atoms with van der Waals surface area (Å²) >= 11 is 1.65. The molecule has 1 amide bonds. The molecule has 2 heterocycles. The second-order valence-electron chi connectivity index (χ2n) is 5.30. The van der Waals surface area contributed by atoms with Crippen molar-refractivity contribution in [1.29, 1.82) is 0 Å². The van der Waals surface area contributed by atoms with Crippen LogP contribution in [0, 0.1) is 0 Å². The second kappa shape index (κ2) is 6.28. The number of nitrogens with zero attached hydrogens (tertiary/aromatic N) is 2. The Morgan fingerprint density at radius 3 is 2.91 bits per heavy atom. The highest BCUT2D eigenvalue weighted by molar-refractivity contribution is 7.10. The summed E-state index contributed by atoms with van der Waals surface area (Å²) in [4.78, 5) is 19.9. The topological polar surface area (TPSA) is 33.2 Å². The molecule has 3 aromatic rings. The van der Waals surface area contributed by atoms with Crippen molar-refractivity contribution in [3.63, 3.8) is 0 Å². The molecule has 0 fully saturated rings. The van der Waals surface area contributed by atoms with Crippen LogP contribution in [0.5, 0.6) is 0 Å². The van der Waals surface area contributed by atoms with Crippen LogP contribution >= 0.6 is 11.3 Å². The van der Waals surface area contributed by atoms with Crippen molar-refractivity contribution < 1.29 is 4.79 Å². The van der Waals surface area contributed by atoms with Crippen LogP contribution in [0.4, 0.5) is 0 Å². The summed E-state index contributed by atoms with van der Waals surface area (Å²) in [5.41, 5.74) is 2.86. The molecule has 3 rings (SSSR count). The van der Waals surface area contributed by atoms with Gasteiger partial charge in [0.1, 0.15) is 0 Å². The number of fused-ring (bicyclic) bond motifs is 1. The molecule has 112 valence electrons. The van der Waals surface area contributed by atoms with Gasteiger partial charge in [-0.05, 0) is 30.2 Å². The zero-order valence-corrected chi connectivity index (χ0v) is 13.6. The van der Waals surface area contributed by atoms with Crippen molar-refractivity contribution in [2.75, 3.05) is 7.05 Å². The summed E-state index contributed by atoms with van der Waals surface area (Å²) in [6.07, 6.45) is 2.76. The fourth-order valence-electron chi connectivity index (χ4n) is 2.53. The highest BCUT2D eigenvalue weighted by Gasteiger charge is 2.14. The lowest BCUT2D eigenvalue weighted by Gasteiger charge is -2.17. The van der Waals surface area contributed by atoms with Gasteiger partial charge in [-0.2, -0.15) is 0 Å². The van der Waals surface area contributed by atoms with Crippen molar-refractivity contribution in [1.82, 2.24) is 9.88 Å². The van der Waals surface area contributed by atoms with E-state index in [1.54, 1.807) is 22.4 Å². The standard InChI is InChI=1S/C18H18N2OS/c1-3-15-10-14(12-22-15)18(21)20(2)11-13-6-4-8-17-16(13)7-5-9-19-17/h4-10,12H,3,11H2,1-2H3. The van der Waals surface area contributed by atoms with Gasteiger partial charge in [-0.3, -0.25) is 9.78 Å². The molecule has 0 bridgehead atoms. The van der Waals surface area contributed by atoms with E-state index in [1.165, 1.54) is 4.88 Å². The molecule has 0 unspecified atom stereocenters. The number of thiophene rings is 1. The van der Waals surface area contributed by atoms with Crippen molar-refractivity contribution in [3.05, 3.63) is 64.0 Å². The molecular weight excluding hydrogens is 292 g/mol. The number of amides is 1. The van der Waals surface area contributed by atoms with E-state index in [2.05, 4.69) is 24.0 Å². The number of hydrogen-bond acceptors (Lipinski definition) is 3. The van der Waals surface area contributed by atoms with E-state index in [0.717, 1.165) is 28.5 Å². The Morgan fingerprint density at radius 1 is 1.27 bits per heavy atom. The largest absolute Gasteiger partial charge is 0.337 e. The van der Waals surface area contributed by atoms with Crippen molar-refractivity contribution in [2.24, 2.45) is 0 Å². The minimum Gasteiger partial charge on any atom is -0.337 e. The van der Waals surface area contributed by atoms with Gasteiger partial charge in [0.25, 0.3) is 5.91 Å². The van der Waals surface area contributed by atoms with Gasteiger partial charge < -0.3 is 4.90 Å². The van der Waals surface area contributed by atoms with Crippen LogP contribution in [0.1, 0.15) is 27.7 Å². The Bertz CT molecular complexity index is 804. The number of pyridine rings is 1. The van der Waals surface area contributed by atoms with E-state index >= 15 is 0 Å². The summed E-state index contributed by atoms with van der Waals surface area (Å²) in [6.45, 7) is 2.69. The van der Waals surface area contributed by atoms with E-state index in [-0.39, 0.29) is 5.91 Å². The monoisotopic (exact) mass is 310 g/mol. The molecule has 0 radical (unpaired) electrons. The fraction of sp³-hybridized carbons (Fsp3) is 0.222. The van der Waals surface area contributed by atoms with Crippen molar-refractivity contribution in [3.8, 4) is 0 Å². The van der Waals surface area contributed by atoms with Gasteiger partial charge >= 0.3 is 0 Å². The molecule has 0 N–H and O–H groups in total. The van der Waals surface area contributed by atoms with Gasteiger partial charge in [-0.1, -0.05) is 25.1 Å². The molecule has 0 saturated carbocycles. The Morgan fingerprint density at radius 2 is 2.14 bits per heavy atom. The molecule has 4 heteroatoms. The third kappa shape index (κ3) is 2.88. The molecule has 0 aliphatic carbocycles. The Balaban J connectivity index is 1.83. The maximum absolute atomic E-state index is 12.5. The number of aromatic nitrogens is 1. The average Bonchev–Trinajstić information content (AvgIpc) is 3.03. The minimum atomic E-state index is 0.0665. The number of hydrogen-bond donors (Lipinski definition) is 0. The van der Waals surface area contributed by atoms with E-state index in [0.29, 0.717) is 6.54 Å². The Labute approximate surface area is 134 Å². The highest BCUT2D eigenvalue weighted by Crippen LogP contribution is 2.20. The van der Waals surface area contributed by atoms with Crippen LogP contribution in [0.3, 0.4) is 0 Å². The molecule has 0 spiro atoms. The second-order valence-corrected chi connectivity index (χ2v) is 6.30. The maximum atomic E-state index is 12.5. The molecule has 0 saturated heterocycles. The smallest absolute Gasteiger partial charge is 0.254 e. The van der Waals surface area contributed by atoms with Gasteiger partial charge in [0.15, 0.2) is 0 Å². The fourth-order valence-corrected chi connectivity index (χ4v) is 3.34. The molecular formula is C18H18N2OS. The lowest BCUT2D eigenvalue weighted by molar-refractivity contribution is 0.0786. The number of benzene rings is 1. The summed E-state index contributed by atoms with van der Waals surface area (Å²) < 4.78 is 0. The molecule has 1 aromatic carbocycles. The molecule has 22 heavy (non-hydrogen) atoms. The summed E-state index contributed by atoms with van der Waals surface area (Å²) in [5, 5.41) is 3.05. The van der Waals surface area contributed by atoms with Gasteiger partial charge in [0.05, 0.1) is 11.1 Å². The summed E-state index contributed by atoms with van der Waals surface area (Å²) in [7, 11) is 1.85. The van der Waals surface area contributed by atoms with Crippen LogP contribution in [-0.4, -0.2) is 22.8 Å². The van der Waals surface area contributed by atoms with Gasteiger partial charge in [0.2, 0.25) is 0 Å². The van der Waals surface area contributed by atoms with Gasteiger partial charge in [-0.15, -0.1) is 11.3 Å². The van der Waals surface area contributed by atoms with E-state index in [4.69, 9.17) is 0 Å². The van der Waals surface area contributed by atoms with Crippen LogP contribution in [0.2, 0.25) is 0 Å². The van der Waals surface area contributed by atoms with Crippen LogP contribution in [0.25, 0.3) is 10.9 Å². The normalized spacial score (nSPS) is 10.8. The molecule has 3 nitrogen and oxygen atoms in total. The van der Waals surface area contributed by atoms with E-state index in [1.807, 2.05) is 36.7 Å². The first kappa shape index (κ1) is 14.7. The Hall–Kier alpha value is -2.20. The van der Waals surface area contributed by atoms with Gasteiger partial charge in [-0.25, -0.2) is 0 Å². The van der Waals surface area contributed by atoms with Crippen molar-refractivity contribution in [2.45, 2.75) is 19.9 Å². The van der Waals surface area contributed by atoms with E-state index < -0.39 is 0 Å². The minimum absolute atomic E-state index is 0.0665. The predicted molar refractivity (Wildman–Crippen MR) is 91.2 cm³/mol. The lowest BCUT2D eigenvalue weighted by atomic mass is 10.1. The summed E-state index contributed by atoms with van der Waals surface area (Å²) in [5.74, 6) is 0.0665. The molecule has 0 aliphatic rings. The molecule has 2 aromatic heterocycles. The van der Waals surface area contributed by atoms with E-state index in [9.17, 15) is 4.79 Å². The quantitative estimate of drug-likeness (QED) is 0.726. The number of carbonyl (C=O) groups excluding carboxylic acids is 1. The average molecular weight is 310 g/mol. The Kier molecular flexibility index (Phi) is 4.20. The number of carbonyl (C=O) groups is 1. The lowest BCUT2D eigenvalue weighted by Crippen LogP contribution is -2.25. The van der Waals surface area contributed by atoms with Gasteiger partial charge in [0, 0.05) is 35.4 Å². The predicted octanol–water partition coefficient (Wildman–Crippen LogP) is 4.13. The molecule has 0 aliphatic heterocycles.